The molecule has 5 nitrogen and oxygen atoms in total. The first-order valence-corrected chi connectivity index (χ1v) is 6.16. The number of benzene rings is 1. The smallest absolute Gasteiger partial charge is 0.339 e. The van der Waals surface area contributed by atoms with Crippen LogP contribution in [0.15, 0.2) is 30.5 Å². The van der Waals surface area contributed by atoms with E-state index in [1.807, 2.05) is 24.3 Å². The van der Waals surface area contributed by atoms with Gasteiger partial charge in [-0.15, -0.1) is 0 Å². The zero-order valence-corrected chi connectivity index (χ0v) is 10.5. The Kier molecular flexibility index (Phi) is 2.74. The predicted molar refractivity (Wildman–Crippen MR) is 69.1 cm³/mol. The van der Waals surface area contributed by atoms with Crippen molar-refractivity contribution in [1.82, 2.24) is 9.78 Å². The van der Waals surface area contributed by atoms with Gasteiger partial charge in [-0.2, -0.15) is 5.10 Å². The van der Waals surface area contributed by atoms with E-state index in [0.717, 1.165) is 30.0 Å². The van der Waals surface area contributed by atoms with E-state index >= 15 is 0 Å². The Morgan fingerprint density at radius 3 is 2.89 bits per heavy atom. The van der Waals surface area contributed by atoms with Gasteiger partial charge in [0.05, 0.1) is 24.7 Å². The number of nitrogens with zero attached hydrogens (tertiary/aromatic N) is 2. The molecule has 0 radical (unpaired) electrons. The highest BCUT2D eigenvalue weighted by molar-refractivity contribution is 5.89. The molecule has 0 bridgehead atoms. The minimum absolute atomic E-state index is 0.297. The lowest BCUT2D eigenvalue weighted by Gasteiger charge is -2.09. The summed E-state index contributed by atoms with van der Waals surface area (Å²) in [5, 5.41) is 13.4. The highest BCUT2D eigenvalue weighted by atomic mass is 16.5. The van der Waals surface area contributed by atoms with E-state index in [1.165, 1.54) is 6.20 Å². The van der Waals surface area contributed by atoms with Crippen LogP contribution in [-0.2, 0) is 0 Å². The first-order chi connectivity index (χ1) is 9.20. The van der Waals surface area contributed by atoms with Crippen LogP contribution in [0.2, 0.25) is 0 Å². The van der Waals surface area contributed by atoms with Gasteiger partial charge in [-0.1, -0.05) is 6.07 Å². The summed E-state index contributed by atoms with van der Waals surface area (Å²) in [6.07, 6.45) is 3.47. The number of aromatic nitrogens is 2. The van der Waals surface area contributed by atoms with Crippen molar-refractivity contribution in [2.75, 3.05) is 7.11 Å². The van der Waals surface area contributed by atoms with Crippen LogP contribution < -0.4 is 4.74 Å². The molecule has 1 aliphatic carbocycles. The third-order valence-corrected chi connectivity index (χ3v) is 3.30. The molecule has 0 amide bonds. The lowest BCUT2D eigenvalue weighted by atomic mass is 10.1. The van der Waals surface area contributed by atoms with Crippen LogP contribution in [0.5, 0.6) is 5.75 Å². The number of hydrogen-bond donors (Lipinski definition) is 1. The van der Waals surface area contributed by atoms with Gasteiger partial charge in [0.2, 0.25) is 0 Å². The third-order valence-electron chi connectivity index (χ3n) is 3.30. The van der Waals surface area contributed by atoms with E-state index in [-0.39, 0.29) is 0 Å². The molecule has 1 saturated carbocycles. The van der Waals surface area contributed by atoms with Gasteiger partial charge in [0, 0.05) is 12.0 Å². The molecule has 98 valence electrons. The molecule has 0 atom stereocenters. The highest BCUT2D eigenvalue weighted by Gasteiger charge is 2.32. The molecule has 19 heavy (non-hydrogen) atoms. The summed E-state index contributed by atoms with van der Waals surface area (Å²) < 4.78 is 6.90. The van der Waals surface area contributed by atoms with Gasteiger partial charge in [0.25, 0.3) is 0 Å². The van der Waals surface area contributed by atoms with Gasteiger partial charge in [-0.3, -0.25) is 0 Å². The Bertz CT molecular complexity index is 629. The maximum absolute atomic E-state index is 11.2. The van der Waals surface area contributed by atoms with Crippen molar-refractivity contribution < 1.29 is 14.6 Å². The van der Waals surface area contributed by atoms with Crippen LogP contribution >= 0.6 is 0 Å². The Hall–Kier alpha value is -2.30. The lowest BCUT2D eigenvalue weighted by molar-refractivity contribution is 0.0695. The largest absolute Gasteiger partial charge is 0.497 e. The van der Waals surface area contributed by atoms with Crippen molar-refractivity contribution in [2.45, 2.75) is 18.8 Å². The number of carboxylic acid groups (broad SMARTS) is 1. The number of aromatic carboxylic acids is 1. The summed E-state index contributed by atoms with van der Waals surface area (Å²) in [5.74, 6) is 0.113. The monoisotopic (exact) mass is 258 g/mol. The quantitative estimate of drug-likeness (QED) is 0.914. The molecule has 1 aromatic carbocycles. The molecular formula is C14H14N2O3. The zero-order valence-electron chi connectivity index (χ0n) is 10.5. The molecule has 3 rings (SSSR count). The van der Waals surface area contributed by atoms with Crippen molar-refractivity contribution in [1.29, 1.82) is 0 Å². The van der Waals surface area contributed by atoms with Crippen molar-refractivity contribution in [3.05, 3.63) is 41.7 Å². The molecule has 1 heterocycles. The van der Waals surface area contributed by atoms with Gasteiger partial charge in [0.1, 0.15) is 11.3 Å². The normalized spacial score (nSPS) is 14.4. The van der Waals surface area contributed by atoms with Crippen molar-refractivity contribution in [3.8, 4) is 11.4 Å². The minimum atomic E-state index is -0.920. The first-order valence-electron chi connectivity index (χ1n) is 6.16. The molecule has 2 aromatic rings. The zero-order chi connectivity index (χ0) is 13.4. The number of hydrogen-bond acceptors (Lipinski definition) is 3. The van der Waals surface area contributed by atoms with E-state index in [2.05, 4.69) is 5.10 Å². The van der Waals surface area contributed by atoms with Crippen molar-refractivity contribution in [2.24, 2.45) is 0 Å². The topological polar surface area (TPSA) is 64.4 Å². The average Bonchev–Trinajstić information content (AvgIpc) is 3.16. The Labute approximate surface area is 110 Å². The summed E-state index contributed by atoms with van der Waals surface area (Å²) in [6.45, 7) is 0. The van der Waals surface area contributed by atoms with Crippen LogP contribution in [0.3, 0.4) is 0 Å². The fourth-order valence-corrected chi connectivity index (χ4v) is 2.22. The average molecular weight is 258 g/mol. The fourth-order valence-electron chi connectivity index (χ4n) is 2.22. The number of carboxylic acids is 1. The summed E-state index contributed by atoms with van der Waals surface area (Å²) in [4.78, 5) is 11.2. The maximum atomic E-state index is 11.2. The summed E-state index contributed by atoms with van der Waals surface area (Å²) in [5.41, 5.74) is 1.92. The SMILES string of the molecule is COc1cccc(-n2ncc(C(=O)O)c2C2CC2)c1. The van der Waals surface area contributed by atoms with E-state index in [1.54, 1.807) is 11.8 Å². The standard InChI is InChI=1S/C14H14N2O3/c1-19-11-4-2-3-10(7-11)16-13(9-5-6-9)12(8-15-16)14(17)18/h2-4,7-9H,5-6H2,1H3,(H,17,18). The predicted octanol–water partition coefficient (Wildman–Crippen LogP) is 2.46. The van der Waals surface area contributed by atoms with Crippen molar-refractivity contribution >= 4 is 5.97 Å². The molecule has 1 fully saturated rings. The number of methoxy groups -OCH3 is 1. The van der Waals surface area contributed by atoms with E-state index in [4.69, 9.17) is 4.74 Å². The van der Waals surface area contributed by atoms with Gasteiger partial charge in [-0.25, -0.2) is 9.48 Å². The van der Waals surface area contributed by atoms with Crippen LogP contribution in [-0.4, -0.2) is 28.0 Å². The van der Waals surface area contributed by atoms with Crippen LogP contribution in [0.25, 0.3) is 5.69 Å². The molecule has 0 unspecified atom stereocenters. The molecule has 5 heteroatoms. The number of rotatable bonds is 4. The van der Waals surface area contributed by atoms with Crippen LogP contribution in [0.4, 0.5) is 0 Å². The van der Waals surface area contributed by atoms with Gasteiger partial charge >= 0.3 is 5.97 Å². The Morgan fingerprint density at radius 1 is 1.47 bits per heavy atom. The lowest BCUT2D eigenvalue weighted by Crippen LogP contribution is -2.05. The first kappa shape index (κ1) is 11.8. The summed E-state index contributed by atoms with van der Waals surface area (Å²) in [6, 6.07) is 7.46. The molecule has 1 N–H and O–H groups in total. The molecular weight excluding hydrogens is 244 g/mol. The van der Waals surface area contributed by atoms with E-state index in [0.29, 0.717) is 11.5 Å². The highest BCUT2D eigenvalue weighted by Crippen LogP contribution is 2.42. The Morgan fingerprint density at radius 2 is 2.26 bits per heavy atom. The second-order valence-corrected chi connectivity index (χ2v) is 4.64. The van der Waals surface area contributed by atoms with Gasteiger partial charge < -0.3 is 9.84 Å². The van der Waals surface area contributed by atoms with E-state index in [9.17, 15) is 9.90 Å². The summed E-state index contributed by atoms with van der Waals surface area (Å²) >= 11 is 0. The van der Waals surface area contributed by atoms with Gasteiger partial charge in [0.15, 0.2) is 0 Å². The molecule has 1 aliphatic rings. The van der Waals surface area contributed by atoms with Crippen LogP contribution in [0, 0.1) is 0 Å². The van der Waals surface area contributed by atoms with Crippen LogP contribution in [0.1, 0.15) is 34.8 Å². The summed E-state index contributed by atoms with van der Waals surface area (Å²) in [7, 11) is 1.60. The number of carbonyl (C=O) groups is 1. The van der Waals surface area contributed by atoms with Crippen molar-refractivity contribution in [3.63, 3.8) is 0 Å². The third kappa shape index (κ3) is 2.07. The minimum Gasteiger partial charge on any atom is -0.497 e. The number of ether oxygens (including phenoxy) is 1. The second-order valence-electron chi connectivity index (χ2n) is 4.64. The molecule has 0 aliphatic heterocycles. The van der Waals surface area contributed by atoms with Gasteiger partial charge in [-0.05, 0) is 25.0 Å². The Balaban J connectivity index is 2.11. The molecule has 1 aromatic heterocycles. The fraction of sp³-hybridized carbons (Fsp3) is 0.286. The molecule has 0 spiro atoms. The molecule has 0 saturated heterocycles. The van der Waals surface area contributed by atoms with E-state index < -0.39 is 5.97 Å². The maximum Gasteiger partial charge on any atom is 0.339 e. The second kappa shape index (κ2) is 4.42.